The van der Waals surface area contributed by atoms with E-state index in [-0.39, 0.29) is 17.7 Å². The Morgan fingerprint density at radius 1 is 1.27 bits per heavy atom. The van der Waals surface area contributed by atoms with Crippen molar-refractivity contribution in [2.24, 2.45) is 5.92 Å². The summed E-state index contributed by atoms with van der Waals surface area (Å²) in [7, 11) is 0. The van der Waals surface area contributed by atoms with Crippen LogP contribution in [0.5, 0.6) is 0 Å². The lowest BCUT2D eigenvalue weighted by atomic mass is 9.98. The Morgan fingerprint density at radius 2 is 1.91 bits per heavy atom. The van der Waals surface area contributed by atoms with Crippen LogP contribution in [-0.2, 0) is 9.59 Å². The van der Waals surface area contributed by atoms with E-state index in [2.05, 4.69) is 0 Å². The number of halogens is 2. The van der Waals surface area contributed by atoms with Crippen LogP contribution < -0.4 is 0 Å². The highest BCUT2D eigenvalue weighted by Crippen LogP contribution is 2.50. The van der Waals surface area contributed by atoms with Crippen molar-refractivity contribution in [1.29, 1.82) is 0 Å². The van der Waals surface area contributed by atoms with Crippen molar-refractivity contribution in [3.05, 3.63) is 33.8 Å². The van der Waals surface area contributed by atoms with E-state index in [1.807, 2.05) is 12.1 Å². The maximum Gasteiger partial charge on any atom is 0.329 e. The van der Waals surface area contributed by atoms with Gasteiger partial charge in [-0.1, -0.05) is 23.2 Å². The molecule has 0 spiro atoms. The Balaban J connectivity index is 1.77. The molecule has 1 heterocycles. The standard InChI is InChI=1S/C16H17Cl2NO3/c1-16(15(21)22)3-2-4-19(16)14(20)13-8-12(13)9-5-10(17)7-11(18)6-9/h5-7,12-13H,2-4,8H2,1H3,(H,21,22). The van der Waals surface area contributed by atoms with Crippen LogP contribution >= 0.6 is 23.2 Å². The first-order chi connectivity index (χ1) is 10.3. The molecule has 0 radical (unpaired) electrons. The monoisotopic (exact) mass is 341 g/mol. The lowest BCUT2D eigenvalue weighted by Crippen LogP contribution is -2.51. The number of hydrogen-bond acceptors (Lipinski definition) is 2. The highest BCUT2D eigenvalue weighted by Gasteiger charge is 2.53. The van der Waals surface area contributed by atoms with Gasteiger partial charge < -0.3 is 10.0 Å². The number of rotatable bonds is 3. The summed E-state index contributed by atoms with van der Waals surface area (Å²) < 4.78 is 0. The van der Waals surface area contributed by atoms with Crippen LogP contribution in [0.2, 0.25) is 10.0 Å². The molecule has 2 aliphatic rings. The van der Waals surface area contributed by atoms with Crippen molar-refractivity contribution >= 4 is 35.1 Å². The molecule has 0 bridgehead atoms. The molecule has 22 heavy (non-hydrogen) atoms. The number of carbonyl (C=O) groups is 2. The van der Waals surface area contributed by atoms with Gasteiger partial charge in [0.15, 0.2) is 0 Å². The molecule has 3 unspecified atom stereocenters. The topological polar surface area (TPSA) is 57.6 Å². The van der Waals surface area contributed by atoms with E-state index in [1.54, 1.807) is 13.0 Å². The van der Waals surface area contributed by atoms with Gasteiger partial charge in [-0.3, -0.25) is 4.79 Å². The zero-order valence-corrected chi connectivity index (χ0v) is 13.7. The molecule has 1 amide bonds. The number of carboxylic acid groups (broad SMARTS) is 1. The summed E-state index contributed by atoms with van der Waals surface area (Å²) in [6.45, 7) is 2.15. The first-order valence-electron chi connectivity index (χ1n) is 7.34. The fourth-order valence-corrected chi connectivity index (χ4v) is 3.91. The number of nitrogens with zero attached hydrogens (tertiary/aromatic N) is 1. The smallest absolute Gasteiger partial charge is 0.329 e. The van der Waals surface area contributed by atoms with Gasteiger partial charge in [0.05, 0.1) is 0 Å². The maximum atomic E-state index is 12.7. The fraction of sp³-hybridized carbons (Fsp3) is 0.500. The van der Waals surface area contributed by atoms with Crippen molar-refractivity contribution in [2.45, 2.75) is 37.6 Å². The van der Waals surface area contributed by atoms with Gasteiger partial charge in [-0.2, -0.15) is 0 Å². The molecule has 2 fully saturated rings. The van der Waals surface area contributed by atoms with E-state index in [0.29, 0.717) is 23.0 Å². The minimum absolute atomic E-state index is 0.0662. The van der Waals surface area contributed by atoms with E-state index >= 15 is 0 Å². The Hall–Kier alpha value is -1.26. The molecule has 1 aliphatic carbocycles. The largest absolute Gasteiger partial charge is 0.480 e. The van der Waals surface area contributed by atoms with Gasteiger partial charge in [-0.05, 0) is 55.9 Å². The second-order valence-corrected chi connectivity index (χ2v) is 7.20. The van der Waals surface area contributed by atoms with E-state index < -0.39 is 11.5 Å². The van der Waals surface area contributed by atoms with Crippen molar-refractivity contribution in [2.75, 3.05) is 6.54 Å². The Labute approximate surface area is 139 Å². The third-order valence-corrected chi connectivity index (χ3v) is 5.22. The average molecular weight is 342 g/mol. The van der Waals surface area contributed by atoms with Crippen LogP contribution in [0.3, 0.4) is 0 Å². The van der Waals surface area contributed by atoms with Crippen LogP contribution in [0.4, 0.5) is 0 Å². The van der Waals surface area contributed by atoms with Crippen LogP contribution in [-0.4, -0.2) is 34.0 Å². The molecule has 1 aliphatic heterocycles. The van der Waals surface area contributed by atoms with Crippen LogP contribution in [0.25, 0.3) is 0 Å². The minimum atomic E-state index is -1.07. The summed E-state index contributed by atoms with van der Waals surface area (Å²) in [6.07, 6.45) is 1.96. The minimum Gasteiger partial charge on any atom is -0.480 e. The fourth-order valence-electron chi connectivity index (χ4n) is 3.36. The van der Waals surface area contributed by atoms with Gasteiger partial charge in [-0.15, -0.1) is 0 Å². The quantitative estimate of drug-likeness (QED) is 0.914. The second kappa shape index (κ2) is 5.43. The summed E-state index contributed by atoms with van der Waals surface area (Å²) in [4.78, 5) is 25.7. The maximum absolute atomic E-state index is 12.7. The third kappa shape index (κ3) is 2.59. The first kappa shape index (κ1) is 15.6. The van der Waals surface area contributed by atoms with Gasteiger partial charge in [0.2, 0.25) is 5.91 Å². The molecular weight excluding hydrogens is 325 g/mol. The number of aliphatic carboxylic acids is 1. The van der Waals surface area contributed by atoms with Crippen molar-refractivity contribution in [3.8, 4) is 0 Å². The Bertz CT molecular complexity index is 628. The molecular formula is C16H17Cl2NO3. The van der Waals surface area contributed by atoms with Crippen molar-refractivity contribution < 1.29 is 14.7 Å². The predicted molar refractivity (Wildman–Crippen MR) is 84.3 cm³/mol. The van der Waals surface area contributed by atoms with Gasteiger partial charge in [-0.25, -0.2) is 4.79 Å². The summed E-state index contributed by atoms with van der Waals surface area (Å²) in [5.74, 6) is -1.07. The Kier molecular flexibility index (Phi) is 3.86. The van der Waals surface area contributed by atoms with Gasteiger partial charge in [0.25, 0.3) is 0 Å². The first-order valence-corrected chi connectivity index (χ1v) is 8.09. The van der Waals surface area contributed by atoms with Gasteiger partial charge >= 0.3 is 5.97 Å². The van der Waals surface area contributed by atoms with E-state index in [0.717, 1.165) is 18.4 Å². The van der Waals surface area contributed by atoms with E-state index in [9.17, 15) is 14.7 Å². The molecule has 0 aromatic heterocycles. The number of hydrogen-bond donors (Lipinski definition) is 1. The molecule has 1 aromatic rings. The number of benzene rings is 1. The van der Waals surface area contributed by atoms with Crippen molar-refractivity contribution in [3.63, 3.8) is 0 Å². The average Bonchev–Trinajstić information content (AvgIpc) is 3.13. The highest BCUT2D eigenvalue weighted by molar-refractivity contribution is 6.34. The lowest BCUT2D eigenvalue weighted by molar-refractivity contribution is -0.155. The summed E-state index contributed by atoms with van der Waals surface area (Å²) >= 11 is 12.0. The third-order valence-electron chi connectivity index (χ3n) is 4.79. The van der Waals surface area contributed by atoms with Crippen LogP contribution in [0, 0.1) is 5.92 Å². The molecule has 118 valence electrons. The van der Waals surface area contributed by atoms with Crippen LogP contribution in [0.1, 0.15) is 37.7 Å². The molecule has 1 aromatic carbocycles. The molecule has 1 saturated carbocycles. The predicted octanol–water partition coefficient (Wildman–Crippen LogP) is 3.56. The molecule has 3 rings (SSSR count). The summed E-state index contributed by atoms with van der Waals surface area (Å²) in [5, 5.41) is 10.5. The van der Waals surface area contributed by atoms with Gasteiger partial charge in [0.1, 0.15) is 5.54 Å². The summed E-state index contributed by atoms with van der Waals surface area (Å²) in [5.41, 5.74) is -0.122. The normalized spacial score (nSPS) is 30.4. The lowest BCUT2D eigenvalue weighted by Gasteiger charge is -2.31. The zero-order valence-electron chi connectivity index (χ0n) is 12.2. The number of amides is 1. The number of carboxylic acids is 1. The summed E-state index contributed by atoms with van der Waals surface area (Å²) in [6, 6.07) is 5.31. The van der Waals surface area contributed by atoms with Crippen molar-refractivity contribution in [1.82, 2.24) is 4.90 Å². The van der Waals surface area contributed by atoms with E-state index in [4.69, 9.17) is 23.2 Å². The zero-order chi connectivity index (χ0) is 16.1. The number of carbonyl (C=O) groups excluding carboxylic acids is 1. The highest BCUT2D eigenvalue weighted by atomic mass is 35.5. The molecule has 1 N–H and O–H groups in total. The SMILES string of the molecule is CC1(C(=O)O)CCCN1C(=O)C1CC1c1cc(Cl)cc(Cl)c1. The Morgan fingerprint density at radius 3 is 2.50 bits per heavy atom. The van der Waals surface area contributed by atoms with E-state index in [1.165, 1.54) is 4.90 Å². The molecule has 1 saturated heterocycles. The number of likely N-dealkylation sites (tertiary alicyclic amines) is 1. The molecule has 4 nitrogen and oxygen atoms in total. The second-order valence-electron chi connectivity index (χ2n) is 6.32. The molecule has 3 atom stereocenters. The van der Waals surface area contributed by atoms with Gasteiger partial charge in [0, 0.05) is 22.5 Å². The van der Waals surface area contributed by atoms with Crippen LogP contribution in [0.15, 0.2) is 18.2 Å². The molecule has 6 heteroatoms.